The van der Waals surface area contributed by atoms with Crippen LogP contribution in [-0.4, -0.2) is 6.54 Å². The summed E-state index contributed by atoms with van der Waals surface area (Å²) < 4.78 is 0. The van der Waals surface area contributed by atoms with E-state index in [0.29, 0.717) is 0 Å². The molecule has 0 atom stereocenters. The third kappa shape index (κ3) is 6.16. The molecule has 1 aromatic heterocycles. The van der Waals surface area contributed by atoms with Crippen molar-refractivity contribution in [1.82, 2.24) is 0 Å². The standard InChI is InChI=1S/C28H26ClNS.C2H6/c1-4-22-17-21(11-10-19(22)2)14-15-30-26-18-25(29)24(16-20(26)3)28-13-12-27(31-28)23-8-6-5-7-9-23;1-2/h4-13,16-18,30H,1,14-15H2,2-3H3;1-2H3. The molecule has 1 N–H and O–H groups in total. The Balaban J connectivity index is 0.00000149. The Morgan fingerprint density at radius 3 is 2.33 bits per heavy atom. The summed E-state index contributed by atoms with van der Waals surface area (Å²) in [6.45, 7) is 13.0. The van der Waals surface area contributed by atoms with Crippen molar-refractivity contribution in [3.63, 3.8) is 0 Å². The van der Waals surface area contributed by atoms with Crippen LogP contribution in [0.2, 0.25) is 5.02 Å². The minimum atomic E-state index is 0.777. The first-order valence-electron chi connectivity index (χ1n) is 11.5. The fraction of sp³-hybridized carbons (Fsp3) is 0.200. The maximum Gasteiger partial charge on any atom is 0.0513 e. The van der Waals surface area contributed by atoms with Gasteiger partial charge in [0, 0.05) is 27.5 Å². The number of nitrogens with one attached hydrogen (secondary N) is 1. The zero-order valence-corrected chi connectivity index (χ0v) is 21.5. The van der Waals surface area contributed by atoms with Crippen LogP contribution in [0.4, 0.5) is 5.69 Å². The molecule has 3 aromatic carbocycles. The first-order valence-corrected chi connectivity index (χ1v) is 12.7. The molecular weight excluding hydrogens is 442 g/mol. The smallest absolute Gasteiger partial charge is 0.0513 e. The van der Waals surface area contributed by atoms with Gasteiger partial charge in [0.1, 0.15) is 0 Å². The number of benzene rings is 3. The first kappa shape index (κ1) is 24.8. The predicted molar refractivity (Wildman–Crippen MR) is 150 cm³/mol. The Labute approximate surface area is 207 Å². The molecule has 0 radical (unpaired) electrons. The van der Waals surface area contributed by atoms with Crippen molar-refractivity contribution in [3.8, 4) is 20.9 Å². The minimum absolute atomic E-state index is 0.777. The van der Waals surface area contributed by atoms with Crippen LogP contribution in [0.5, 0.6) is 0 Å². The average molecular weight is 474 g/mol. The molecule has 4 aromatic rings. The molecule has 0 aliphatic rings. The molecule has 0 aliphatic heterocycles. The summed E-state index contributed by atoms with van der Waals surface area (Å²) >= 11 is 8.47. The van der Waals surface area contributed by atoms with Crippen LogP contribution in [0.25, 0.3) is 27.0 Å². The van der Waals surface area contributed by atoms with Gasteiger partial charge in [0.15, 0.2) is 0 Å². The Hall–Kier alpha value is -2.81. The van der Waals surface area contributed by atoms with E-state index in [9.17, 15) is 0 Å². The lowest BCUT2D eigenvalue weighted by molar-refractivity contribution is 1.01. The van der Waals surface area contributed by atoms with E-state index in [2.05, 4.69) is 92.5 Å². The van der Waals surface area contributed by atoms with Crippen LogP contribution in [-0.2, 0) is 6.42 Å². The van der Waals surface area contributed by atoms with Gasteiger partial charge in [0.25, 0.3) is 0 Å². The monoisotopic (exact) mass is 473 g/mol. The lowest BCUT2D eigenvalue weighted by Gasteiger charge is -2.13. The summed E-state index contributed by atoms with van der Waals surface area (Å²) in [5.74, 6) is 0. The fourth-order valence-corrected chi connectivity index (χ4v) is 5.07. The summed E-state index contributed by atoms with van der Waals surface area (Å²) in [4.78, 5) is 2.44. The molecule has 0 aliphatic carbocycles. The number of rotatable bonds is 7. The van der Waals surface area contributed by atoms with Gasteiger partial charge >= 0.3 is 0 Å². The van der Waals surface area contributed by atoms with Crippen LogP contribution in [0.15, 0.2) is 79.4 Å². The molecule has 1 heterocycles. The number of hydrogen-bond donors (Lipinski definition) is 1. The lowest BCUT2D eigenvalue weighted by Crippen LogP contribution is -2.06. The largest absolute Gasteiger partial charge is 0.384 e. The molecule has 3 heteroatoms. The highest BCUT2D eigenvalue weighted by Crippen LogP contribution is 2.39. The third-order valence-electron chi connectivity index (χ3n) is 5.54. The van der Waals surface area contributed by atoms with Crippen molar-refractivity contribution in [2.24, 2.45) is 0 Å². The van der Waals surface area contributed by atoms with Crippen molar-refractivity contribution in [2.75, 3.05) is 11.9 Å². The summed E-state index contributed by atoms with van der Waals surface area (Å²) in [6, 6.07) is 25.6. The fourth-order valence-electron chi connectivity index (χ4n) is 3.71. The van der Waals surface area contributed by atoms with E-state index >= 15 is 0 Å². The predicted octanol–water partition coefficient (Wildman–Crippen LogP) is 9.68. The molecule has 1 nitrogen and oxygen atoms in total. The second-order valence-electron chi connectivity index (χ2n) is 7.75. The number of halogens is 1. The number of thiophene rings is 1. The first-order chi connectivity index (χ1) is 16.0. The highest BCUT2D eigenvalue weighted by atomic mass is 35.5. The van der Waals surface area contributed by atoms with E-state index in [1.54, 1.807) is 11.3 Å². The SMILES string of the molecule is C=Cc1cc(CCNc2cc(Cl)c(-c3ccc(-c4ccccc4)s3)cc2C)ccc1C.CC. The summed E-state index contributed by atoms with van der Waals surface area (Å²) in [6.07, 6.45) is 2.87. The zero-order valence-electron chi connectivity index (χ0n) is 19.9. The molecule has 33 heavy (non-hydrogen) atoms. The quantitative estimate of drug-likeness (QED) is 0.281. The zero-order chi connectivity index (χ0) is 23.8. The van der Waals surface area contributed by atoms with Crippen LogP contribution >= 0.6 is 22.9 Å². The molecule has 0 saturated carbocycles. The Morgan fingerprint density at radius 1 is 0.879 bits per heavy atom. The van der Waals surface area contributed by atoms with Crippen LogP contribution in [0, 0.1) is 13.8 Å². The van der Waals surface area contributed by atoms with Gasteiger partial charge in [-0.2, -0.15) is 0 Å². The number of anilines is 1. The van der Waals surface area contributed by atoms with Crippen molar-refractivity contribution >= 4 is 34.7 Å². The molecule has 0 amide bonds. The van der Waals surface area contributed by atoms with Crippen molar-refractivity contribution in [2.45, 2.75) is 34.1 Å². The molecule has 0 spiro atoms. The molecule has 0 bridgehead atoms. The van der Waals surface area contributed by atoms with Gasteiger partial charge in [-0.05, 0) is 72.4 Å². The topological polar surface area (TPSA) is 12.0 Å². The van der Waals surface area contributed by atoms with E-state index in [1.165, 1.54) is 37.6 Å². The lowest BCUT2D eigenvalue weighted by atomic mass is 10.0. The van der Waals surface area contributed by atoms with Crippen molar-refractivity contribution < 1.29 is 0 Å². The molecule has 0 fully saturated rings. The van der Waals surface area contributed by atoms with Crippen LogP contribution in [0.3, 0.4) is 0 Å². The third-order valence-corrected chi connectivity index (χ3v) is 7.02. The van der Waals surface area contributed by atoms with Gasteiger partial charge in [-0.3, -0.25) is 0 Å². The van der Waals surface area contributed by atoms with Gasteiger partial charge in [-0.15, -0.1) is 11.3 Å². The molecule has 0 unspecified atom stereocenters. The Kier molecular flexibility index (Phi) is 8.94. The highest BCUT2D eigenvalue weighted by molar-refractivity contribution is 7.18. The minimum Gasteiger partial charge on any atom is -0.384 e. The van der Waals surface area contributed by atoms with Crippen LogP contribution < -0.4 is 5.32 Å². The van der Waals surface area contributed by atoms with Gasteiger partial charge in [0.05, 0.1) is 5.02 Å². The van der Waals surface area contributed by atoms with Crippen molar-refractivity contribution in [3.05, 3.63) is 107 Å². The van der Waals surface area contributed by atoms with Gasteiger partial charge in [-0.25, -0.2) is 0 Å². The summed E-state index contributed by atoms with van der Waals surface area (Å²) in [5.41, 5.74) is 8.38. The summed E-state index contributed by atoms with van der Waals surface area (Å²) in [5, 5.41) is 4.33. The molecule has 170 valence electrons. The average Bonchev–Trinajstić information content (AvgIpc) is 3.34. The molecule has 0 saturated heterocycles. The molecule has 4 rings (SSSR count). The normalized spacial score (nSPS) is 10.3. The molecular formula is C30H32ClNS. The number of aryl methyl sites for hydroxylation is 2. The summed E-state index contributed by atoms with van der Waals surface area (Å²) in [7, 11) is 0. The van der Waals surface area contributed by atoms with E-state index < -0.39 is 0 Å². The van der Waals surface area contributed by atoms with Crippen molar-refractivity contribution in [1.29, 1.82) is 0 Å². The maximum absolute atomic E-state index is 6.70. The Morgan fingerprint density at radius 2 is 1.61 bits per heavy atom. The van der Waals surface area contributed by atoms with E-state index in [0.717, 1.165) is 29.2 Å². The second kappa shape index (κ2) is 11.9. The van der Waals surface area contributed by atoms with Gasteiger partial charge in [-0.1, -0.05) is 86.6 Å². The maximum atomic E-state index is 6.70. The van der Waals surface area contributed by atoms with Crippen LogP contribution in [0.1, 0.15) is 36.1 Å². The van der Waals surface area contributed by atoms with E-state index in [1.807, 2.05) is 26.0 Å². The second-order valence-corrected chi connectivity index (χ2v) is 9.24. The van der Waals surface area contributed by atoms with Gasteiger partial charge in [0.2, 0.25) is 0 Å². The van der Waals surface area contributed by atoms with E-state index in [-0.39, 0.29) is 0 Å². The number of hydrogen-bond acceptors (Lipinski definition) is 2. The van der Waals surface area contributed by atoms with E-state index in [4.69, 9.17) is 11.6 Å². The highest BCUT2D eigenvalue weighted by Gasteiger charge is 2.11. The van der Waals surface area contributed by atoms with Gasteiger partial charge < -0.3 is 5.32 Å². The Bertz CT molecular complexity index is 1210.